The van der Waals surface area contributed by atoms with E-state index in [9.17, 15) is 13.6 Å². The molecule has 1 amide bonds. The normalized spacial score (nSPS) is 10.8. The van der Waals surface area contributed by atoms with E-state index in [2.05, 4.69) is 31.6 Å². The molecule has 2 N–H and O–H groups in total. The molecule has 29 heavy (non-hydrogen) atoms. The number of thioether (sulfide) groups is 1. The van der Waals surface area contributed by atoms with Crippen LogP contribution >= 0.6 is 23.1 Å². The van der Waals surface area contributed by atoms with Gasteiger partial charge < -0.3 is 15.4 Å². The highest BCUT2D eigenvalue weighted by Crippen LogP contribution is 2.30. The lowest BCUT2D eigenvalue weighted by atomic mass is 10.1. The molecule has 0 aliphatic rings. The Morgan fingerprint density at radius 1 is 1.17 bits per heavy atom. The maximum Gasteiger partial charge on any atom is 0.387 e. The molecule has 0 aliphatic carbocycles. The second kappa shape index (κ2) is 9.66. The topological polar surface area (TPSA) is 76.1 Å². The number of ether oxygens (including phenoxy) is 1. The minimum absolute atomic E-state index is 0.0568. The van der Waals surface area contributed by atoms with Gasteiger partial charge in [-0.25, -0.2) is 0 Å². The molecule has 3 aromatic rings. The fourth-order valence-electron chi connectivity index (χ4n) is 2.47. The van der Waals surface area contributed by atoms with E-state index in [0.717, 1.165) is 11.3 Å². The number of alkyl halides is 2. The largest absolute Gasteiger partial charge is 0.433 e. The molecule has 0 bridgehead atoms. The van der Waals surface area contributed by atoms with Crippen molar-refractivity contribution in [1.82, 2.24) is 10.2 Å². The lowest BCUT2D eigenvalue weighted by Crippen LogP contribution is -2.15. The van der Waals surface area contributed by atoms with Gasteiger partial charge in [-0.15, -0.1) is 10.2 Å². The second-order valence-corrected chi connectivity index (χ2v) is 8.23. The Labute approximate surface area is 174 Å². The molecule has 6 nitrogen and oxygen atoms in total. The Morgan fingerprint density at radius 3 is 2.72 bits per heavy atom. The minimum atomic E-state index is -2.97. The van der Waals surface area contributed by atoms with E-state index >= 15 is 0 Å². The van der Waals surface area contributed by atoms with Crippen molar-refractivity contribution in [3.63, 3.8) is 0 Å². The van der Waals surface area contributed by atoms with Crippen molar-refractivity contribution in [3.8, 4) is 5.75 Å². The van der Waals surface area contributed by atoms with Gasteiger partial charge >= 0.3 is 6.61 Å². The summed E-state index contributed by atoms with van der Waals surface area (Å²) in [6.07, 6.45) is 0. The average molecular weight is 437 g/mol. The SMILES string of the molecule is Cc1ccc(Nc2nnc(SCC(=O)Nc3ccccc3OC(F)F)s2)c(C)c1. The van der Waals surface area contributed by atoms with Crippen molar-refractivity contribution in [3.05, 3.63) is 53.6 Å². The molecule has 3 rings (SSSR count). The maximum absolute atomic E-state index is 12.5. The van der Waals surface area contributed by atoms with Crippen molar-refractivity contribution in [2.24, 2.45) is 0 Å². The van der Waals surface area contributed by atoms with Crippen molar-refractivity contribution in [1.29, 1.82) is 0 Å². The Kier molecular flexibility index (Phi) is 6.99. The van der Waals surface area contributed by atoms with Gasteiger partial charge in [0.15, 0.2) is 4.34 Å². The van der Waals surface area contributed by atoms with Crippen LogP contribution in [-0.2, 0) is 4.79 Å². The first-order valence-corrected chi connectivity index (χ1v) is 10.3. The second-order valence-electron chi connectivity index (χ2n) is 6.03. The summed E-state index contributed by atoms with van der Waals surface area (Å²) in [5.41, 5.74) is 3.40. The number of hydrogen-bond donors (Lipinski definition) is 2. The highest BCUT2D eigenvalue weighted by Gasteiger charge is 2.13. The average Bonchev–Trinajstić information content (AvgIpc) is 3.11. The van der Waals surface area contributed by atoms with Crippen LogP contribution in [-0.4, -0.2) is 28.5 Å². The highest BCUT2D eigenvalue weighted by atomic mass is 32.2. The van der Waals surface area contributed by atoms with Gasteiger partial charge in [-0.05, 0) is 37.6 Å². The smallest absolute Gasteiger partial charge is 0.387 e. The molecule has 0 atom stereocenters. The van der Waals surface area contributed by atoms with Crippen LogP contribution in [0.2, 0.25) is 0 Å². The summed E-state index contributed by atoms with van der Waals surface area (Å²) in [4.78, 5) is 12.2. The fourth-order valence-corrected chi connectivity index (χ4v) is 4.03. The summed E-state index contributed by atoms with van der Waals surface area (Å²) in [5, 5.41) is 14.6. The molecule has 10 heteroatoms. The zero-order valence-electron chi connectivity index (χ0n) is 15.6. The number of amides is 1. The first kappa shape index (κ1) is 21.0. The molecule has 1 heterocycles. The minimum Gasteiger partial charge on any atom is -0.433 e. The fraction of sp³-hybridized carbons (Fsp3) is 0.211. The summed E-state index contributed by atoms with van der Waals surface area (Å²) in [6.45, 7) is 1.07. The van der Waals surface area contributed by atoms with Gasteiger partial charge in [0.1, 0.15) is 5.75 Å². The first-order chi connectivity index (χ1) is 13.9. The predicted molar refractivity (Wildman–Crippen MR) is 112 cm³/mol. The number of carbonyl (C=O) groups is 1. The summed E-state index contributed by atoms with van der Waals surface area (Å²) in [5.74, 6) is -0.391. The summed E-state index contributed by atoms with van der Waals surface area (Å²) < 4.78 is 29.9. The van der Waals surface area contributed by atoms with Crippen LogP contribution in [0.5, 0.6) is 5.75 Å². The zero-order valence-corrected chi connectivity index (χ0v) is 17.2. The molecule has 0 saturated carbocycles. The Bertz CT molecular complexity index is 998. The lowest BCUT2D eigenvalue weighted by Gasteiger charge is -2.11. The van der Waals surface area contributed by atoms with Gasteiger partial charge in [-0.2, -0.15) is 8.78 Å². The van der Waals surface area contributed by atoms with Gasteiger partial charge in [-0.1, -0.05) is 52.9 Å². The number of nitrogens with one attached hydrogen (secondary N) is 2. The van der Waals surface area contributed by atoms with Gasteiger partial charge in [-0.3, -0.25) is 4.79 Å². The Balaban J connectivity index is 1.55. The van der Waals surface area contributed by atoms with Gasteiger partial charge in [0.25, 0.3) is 0 Å². The van der Waals surface area contributed by atoms with Crippen LogP contribution in [0.4, 0.5) is 25.3 Å². The molecule has 0 fully saturated rings. The Morgan fingerprint density at radius 2 is 1.97 bits per heavy atom. The standard InChI is InChI=1S/C19H18F2N4O2S2/c1-11-7-8-13(12(2)9-11)23-18-24-25-19(29-18)28-10-16(26)22-14-5-3-4-6-15(14)27-17(20)21/h3-9,17H,10H2,1-2H3,(H,22,26)(H,23,24). The van der Waals surface area contributed by atoms with E-state index in [4.69, 9.17) is 0 Å². The van der Waals surface area contributed by atoms with Crippen LogP contribution in [0.1, 0.15) is 11.1 Å². The van der Waals surface area contributed by atoms with E-state index in [1.165, 1.54) is 40.8 Å². The quantitative estimate of drug-likeness (QED) is 0.471. The molecule has 1 aromatic heterocycles. The van der Waals surface area contributed by atoms with Crippen LogP contribution in [0.25, 0.3) is 0 Å². The molecular formula is C19H18F2N4O2S2. The van der Waals surface area contributed by atoms with Crippen LogP contribution in [0.3, 0.4) is 0 Å². The third-order valence-corrected chi connectivity index (χ3v) is 5.71. The van der Waals surface area contributed by atoms with Crippen LogP contribution < -0.4 is 15.4 Å². The summed E-state index contributed by atoms with van der Waals surface area (Å²) in [7, 11) is 0. The third kappa shape index (κ3) is 6.13. The number of anilines is 3. The van der Waals surface area contributed by atoms with E-state index in [-0.39, 0.29) is 23.1 Å². The number of aromatic nitrogens is 2. The van der Waals surface area contributed by atoms with Crippen molar-refractivity contribution < 1.29 is 18.3 Å². The van der Waals surface area contributed by atoms with Gasteiger partial charge in [0.2, 0.25) is 11.0 Å². The van der Waals surface area contributed by atoms with Gasteiger partial charge in [0.05, 0.1) is 11.4 Å². The monoisotopic (exact) mass is 436 g/mol. The van der Waals surface area contributed by atoms with E-state index in [1.807, 2.05) is 26.0 Å². The number of carbonyl (C=O) groups excluding carboxylic acids is 1. The van der Waals surface area contributed by atoms with E-state index < -0.39 is 6.61 Å². The number of nitrogens with zero attached hydrogens (tertiary/aromatic N) is 2. The zero-order chi connectivity index (χ0) is 20.8. The van der Waals surface area contributed by atoms with Gasteiger partial charge in [0, 0.05) is 5.69 Å². The molecule has 152 valence electrons. The van der Waals surface area contributed by atoms with Crippen LogP contribution in [0.15, 0.2) is 46.8 Å². The summed E-state index contributed by atoms with van der Waals surface area (Å²) in [6, 6.07) is 12.1. The lowest BCUT2D eigenvalue weighted by molar-refractivity contribution is -0.113. The number of benzene rings is 2. The molecule has 0 radical (unpaired) electrons. The number of rotatable bonds is 8. The highest BCUT2D eigenvalue weighted by molar-refractivity contribution is 8.01. The summed E-state index contributed by atoms with van der Waals surface area (Å²) >= 11 is 2.54. The van der Waals surface area contributed by atoms with Crippen molar-refractivity contribution >= 4 is 45.5 Å². The van der Waals surface area contributed by atoms with E-state index in [1.54, 1.807) is 12.1 Å². The number of halogens is 2. The number of aryl methyl sites for hydroxylation is 2. The molecule has 0 saturated heterocycles. The molecule has 0 aliphatic heterocycles. The maximum atomic E-state index is 12.5. The molecule has 0 spiro atoms. The molecule has 0 unspecified atom stereocenters. The Hall–Kier alpha value is -2.72. The van der Waals surface area contributed by atoms with Crippen molar-refractivity contribution in [2.45, 2.75) is 24.8 Å². The molecule has 2 aromatic carbocycles. The predicted octanol–water partition coefficient (Wildman–Crippen LogP) is 5.23. The molecular weight excluding hydrogens is 418 g/mol. The number of hydrogen-bond acceptors (Lipinski definition) is 7. The first-order valence-electron chi connectivity index (χ1n) is 8.55. The number of para-hydroxylation sites is 2. The van der Waals surface area contributed by atoms with Crippen LogP contribution in [0, 0.1) is 13.8 Å². The van der Waals surface area contributed by atoms with Crippen molar-refractivity contribution in [2.75, 3.05) is 16.4 Å². The van der Waals surface area contributed by atoms with E-state index in [0.29, 0.717) is 9.47 Å². The third-order valence-electron chi connectivity index (χ3n) is 3.73.